The van der Waals surface area contributed by atoms with Crippen LogP contribution in [-0.4, -0.2) is 60.1 Å². The van der Waals surface area contributed by atoms with Crippen LogP contribution in [0.5, 0.6) is 0 Å². The lowest BCUT2D eigenvalue weighted by Gasteiger charge is -2.23. The van der Waals surface area contributed by atoms with Crippen molar-refractivity contribution in [2.45, 2.75) is 25.7 Å². The maximum absolute atomic E-state index is 14.4. The predicted octanol–water partition coefficient (Wildman–Crippen LogP) is 3.98. The van der Waals surface area contributed by atoms with Gasteiger partial charge in [-0.25, -0.2) is 13.6 Å². The molecule has 0 radical (unpaired) electrons. The van der Waals surface area contributed by atoms with Crippen LogP contribution in [0.15, 0.2) is 48.5 Å². The zero-order valence-corrected chi connectivity index (χ0v) is 19.5. The third-order valence-electron chi connectivity index (χ3n) is 6.89. The Morgan fingerprint density at radius 1 is 1.09 bits per heavy atom. The molecule has 0 aliphatic heterocycles. The maximum atomic E-state index is 14.4. The average molecular weight is 487 g/mol. The Hall–Kier alpha value is -3.49. The molecule has 2 aromatic carbocycles. The Morgan fingerprint density at radius 2 is 1.66 bits per heavy atom. The summed E-state index contributed by atoms with van der Waals surface area (Å²) in [5, 5.41) is 11.4. The third kappa shape index (κ3) is 4.72. The molecule has 1 fully saturated rings. The fourth-order valence-corrected chi connectivity index (χ4v) is 4.80. The average Bonchev–Trinajstić information content (AvgIpc) is 3.24. The van der Waals surface area contributed by atoms with E-state index in [0.717, 1.165) is 27.2 Å². The number of alkyl halides is 2. The molecule has 1 unspecified atom stereocenters. The summed E-state index contributed by atoms with van der Waals surface area (Å²) >= 11 is 0. The van der Waals surface area contributed by atoms with Gasteiger partial charge in [-0.05, 0) is 29.2 Å². The summed E-state index contributed by atoms with van der Waals surface area (Å²) in [7, 11) is 0. The van der Waals surface area contributed by atoms with Gasteiger partial charge in [0, 0.05) is 25.6 Å². The van der Waals surface area contributed by atoms with Gasteiger partial charge in [0.2, 0.25) is 5.91 Å². The van der Waals surface area contributed by atoms with Crippen LogP contribution in [0.1, 0.15) is 30.9 Å². The predicted molar refractivity (Wildman–Crippen MR) is 124 cm³/mol. The molecule has 1 saturated carbocycles. The van der Waals surface area contributed by atoms with Gasteiger partial charge in [-0.1, -0.05) is 55.5 Å². The van der Waals surface area contributed by atoms with E-state index >= 15 is 0 Å². The second kappa shape index (κ2) is 9.64. The fourth-order valence-electron chi connectivity index (χ4n) is 4.80. The first-order chi connectivity index (χ1) is 16.7. The number of carbonyl (C=O) groups excluding carboxylic acids is 2. The summed E-state index contributed by atoms with van der Waals surface area (Å²) in [5.41, 5.74) is 4.23. The van der Waals surface area contributed by atoms with Gasteiger partial charge in [0.25, 0.3) is 5.92 Å². The largest absolute Gasteiger partial charge is 0.481 e. The minimum Gasteiger partial charge on any atom is -0.481 e. The molecule has 0 saturated heterocycles. The minimum absolute atomic E-state index is 0.0555. The van der Waals surface area contributed by atoms with Gasteiger partial charge in [0.1, 0.15) is 12.5 Å². The van der Waals surface area contributed by atoms with Crippen molar-refractivity contribution in [2.75, 3.05) is 26.2 Å². The highest BCUT2D eigenvalue weighted by Crippen LogP contribution is 2.55. The van der Waals surface area contributed by atoms with Crippen molar-refractivity contribution in [3.8, 4) is 11.1 Å². The quantitative estimate of drug-likeness (QED) is 0.559. The molecule has 9 heteroatoms. The topological polar surface area (TPSA) is 95.9 Å². The Labute approximate surface area is 202 Å². The fraction of sp³-hybridized carbons (Fsp3) is 0.423. The molecule has 0 aromatic heterocycles. The van der Waals surface area contributed by atoms with Gasteiger partial charge in [-0.15, -0.1) is 0 Å². The van der Waals surface area contributed by atoms with Crippen LogP contribution in [0, 0.1) is 17.8 Å². The standard InChI is InChI=1S/C26H28F2N2O5/c1-3-30(13-15(2)24(32)33)23(31)22-21(26(22,27)28)12-29-25(34)35-14-20-18-10-6-4-8-16(18)17-9-5-7-11-19(17)20/h4-11,15,20-22H,3,12-14H2,1-2H3,(H,29,34)(H,32,33)/t15?,21-,22-/m0/s1. The molecule has 0 spiro atoms. The van der Waals surface area contributed by atoms with Crippen LogP contribution in [0.25, 0.3) is 11.1 Å². The number of amides is 2. The summed E-state index contributed by atoms with van der Waals surface area (Å²) in [6.07, 6.45) is -0.826. The van der Waals surface area contributed by atoms with Crippen LogP contribution < -0.4 is 5.32 Å². The number of hydrogen-bond donors (Lipinski definition) is 2. The van der Waals surface area contributed by atoms with Crippen molar-refractivity contribution < 1.29 is 33.0 Å². The number of carboxylic acid groups (broad SMARTS) is 1. The van der Waals surface area contributed by atoms with E-state index in [2.05, 4.69) is 5.32 Å². The summed E-state index contributed by atoms with van der Waals surface area (Å²) < 4.78 is 34.1. The van der Waals surface area contributed by atoms with Crippen molar-refractivity contribution >= 4 is 18.0 Å². The van der Waals surface area contributed by atoms with Crippen LogP contribution in [0.4, 0.5) is 13.6 Å². The molecule has 35 heavy (non-hydrogen) atoms. The number of nitrogens with zero attached hydrogens (tertiary/aromatic N) is 1. The van der Waals surface area contributed by atoms with E-state index in [0.29, 0.717) is 0 Å². The molecular formula is C26H28F2N2O5. The summed E-state index contributed by atoms with van der Waals surface area (Å²) in [5.74, 6) is -9.14. The lowest BCUT2D eigenvalue weighted by atomic mass is 9.98. The van der Waals surface area contributed by atoms with E-state index in [9.17, 15) is 23.2 Å². The first-order valence-electron chi connectivity index (χ1n) is 11.6. The van der Waals surface area contributed by atoms with Gasteiger partial charge < -0.3 is 20.1 Å². The Balaban J connectivity index is 1.32. The summed E-state index contributed by atoms with van der Waals surface area (Å²) in [6, 6.07) is 15.7. The van der Waals surface area contributed by atoms with E-state index < -0.39 is 48.2 Å². The number of alkyl carbamates (subject to hydrolysis) is 1. The molecule has 2 aliphatic rings. The first-order valence-corrected chi connectivity index (χ1v) is 11.6. The Bertz CT molecular complexity index is 1090. The van der Waals surface area contributed by atoms with Crippen LogP contribution >= 0.6 is 0 Å². The van der Waals surface area contributed by atoms with Gasteiger partial charge in [0.15, 0.2) is 0 Å². The number of fused-ring (bicyclic) bond motifs is 3. The van der Waals surface area contributed by atoms with Crippen molar-refractivity contribution in [3.05, 3.63) is 59.7 Å². The minimum atomic E-state index is -3.27. The second-order valence-electron chi connectivity index (χ2n) is 9.08. The molecule has 2 aliphatic carbocycles. The molecule has 2 amide bonds. The van der Waals surface area contributed by atoms with E-state index in [-0.39, 0.29) is 25.6 Å². The lowest BCUT2D eigenvalue weighted by molar-refractivity contribution is -0.143. The van der Waals surface area contributed by atoms with E-state index in [1.807, 2.05) is 48.5 Å². The number of nitrogens with one attached hydrogen (secondary N) is 1. The number of halogens is 2. The number of carbonyl (C=O) groups is 3. The van der Waals surface area contributed by atoms with Gasteiger partial charge in [-0.2, -0.15) is 0 Å². The highest BCUT2D eigenvalue weighted by molar-refractivity contribution is 5.84. The summed E-state index contributed by atoms with van der Waals surface area (Å²) in [6.45, 7) is 2.64. The molecule has 186 valence electrons. The molecule has 4 rings (SSSR count). The lowest BCUT2D eigenvalue weighted by Crippen LogP contribution is -2.39. The molecule has 2 aromatic rings. The van der Waals surface area contributed by atoms with Gasteiger partial charge in [0.05, 0.1) is 11.8 Å². The zero-order chi connectivity index (χ0) is 25.3. The molecule has 0 heterocycles. The molecule has 0 bridgehead atoms. The van der Waals surface area contributed by atoms with Gasteiger partial charge in [-0.3, -0.25) is 9.59 Å². The highest BCUT2D eigenvalue weighted by atomic mass is 19.3. The molecular weight excluding hydrogens is 458 g/mol. The smallest absolute Gasteiger partial charge is 0.407 e. The van der Waals surface area contributed by atoms with Crippen LogP contribution in [-0.2, 0) is 14.3 Å². The monoisotopic (exact) mass is 486 g/mol. The van der Waals surface area contributed by atoms with Crippen LogP contribution in [0.2, 0.25) is 0 Å². The normalized spacial score (nSPS) is 20.3. The maximum Gasteiger partial charge on any atom is 0.407 e. The van der Waals surface area contributed by atoms with Crippen molar-refractivity contribution in [1.82, 2.24) is 10.2 Å². The second-order valence-corrected chi connectivity index (χ2v) is 9.08. The number of ether oxygens (including phenoxy) is 1. The molecule has 3 atom stereocenters. The van der Waals surface area contributed by atoms with Gasteiger partial charge >= 0.3 is 12.1 Å². The van der Waals surface area contributed by atoms with Crippen molar-refractivity contribution in [3.63, 3.8) is 0 Å². The SMILES string of the molecule is CCN(CC(C)C(=O)O)C(=O)[C@@H]1[C@H](CNC(=O)OCC2c3ccccc3-c3ccccc32)C1(F)F. The Kier molecular flexibility index (Phi) is 6.78. The van der Waals surface area contributed by atoms with E-state index in [4.69, 9.17) is 9.84 Å². The number of rotatable bonds is 9. The van der Waals surface area contributed by atoms with Crippen LogP contribution in [0.3, 0.4) is 0 Å². The summed E-state index contributed by atoms with van der Waals surface area (Å²) in [4.78, 5) is 37.1. The zero-order valence-electron chi connectivity index (χ0n) is 19.5. The molecule has 7 nitrogen and oxygen atoms in total. The van der Waals surface area contributed by atoms with Crippen molar-refractivity contribution in [1.29, 1.82) is 0 Å². The highest BCUT2D eigenvalue weighted by Gasteiger charge is 2.72. The Morgan fingerprint density at radius 3 is 2.20 bits per heavy atom. The first kappa shape index (κ1) is 24.6. The molecule has 2 N–H and O–H groups in total. The van der Waals surface area contributed by atoms with E-state index in [1.165, 1.54) is 6.92 Å². The van der Waals surface area contributed by atoms with E-state index in [1.54, 1.807) is 6.92 Å². The number of aliphatic carboxylic acids is 1. The third-order valence-corrected chi connectivity index (χ3v) is 6.89. The number of benzene rings is 2. The van der Waals surface area contributed by atoms with Crippen molar-refractivity contribution in [2.24, 2.45) is 17.8 Å². The number of carboxylic acids is 1. The number of hydrogen-bond acceptors (Lipinski definition) is 4.